The van der Waals surface area contributed by atoms with Crippen LogP contribution in [0.15, 0.2) is 55.0 Å². The molecule has 0 aliphatic rings. The van der Waals surface area contributed by atoms with Gasteiger partial charge in [0, 0.05) is 29.2 Å². The summed E-state index contributed by atoms with van der Waals surface area (Å²) >= 11 is 0. The standard InChI is InChI=1S/C15H11N5/c16-7-11-5-6-15(18-8-11)20-10-12(9-19-20)13-3-1-2-4-14(13)17/h1-6,8-10H,17H2. The van der Waals surface area contributed by atoms with Gasteiger partial charge in [-0.15, -0.1) is 0 Å². The number of benzene rings is 1. The Kier molecular flexibility index (Phi) is 2.90. The van der Waals surface area contributed by atoms with Crippen molar-refractivity contribution in [3.63, 3.8) is 0 Å². The van der Waals surface area contributed by atoms with Crippen LogP contribution in [0.1, 0.15) is 5.56 Å². The first-order valence-electron chi connectivity index (χ1n) is 6.04. The molecule has 5 nitrogen and oxygen atoms in total. The molecule has 3 rings (SSSR count). The van der Waals surface area contributed by atoms with E-state index in [1.165, 1.54) is 6.20 Å². The molecule has 2 heterocycles. The van der Waals surface area contributed by atoms with E-state index in [1.54, 1.807) is 23.0 Å². The average Bonchev–Trinajstić information content (AvgIpc) is 2.97. The fourth-order valence-electron chi connectivity index (χ4n) is 1.93. The molecule has 0 radical (unpaired) electrons. The number of hydrogen-bond acceptors (Lipinski definition) is 4. The summed E-state index contributed by atoms with van der Waals surface area (Å²) in [5, 5.41) is 13.0. The van der Waals surface area contributed by atoms with Gasteiger partial charge in [-0.3, -0.25) is 0 Å². The average molecular weight is 261 g/mol. The minimum atomic E-state index is 0.522. The highest BCUT2D eigenvalue weighted by molar-refractivity contribution is 5.75. The molecule has 0 saturated heterocycles. The van der Waals surface area contributed by atoms with Gasteiger partial charge in [0.25, 0.3) is 0 Å². The Hall–Kier alpha value is -3.13. The van der Waals surface area contributed by atoms with E-state index >= 15 is 0 Å². The molecule has 2 N–H and O–H groups in total. The predicted octanol–water partition coefficient (Wildman–Crippen LogP) is 2.39. The molecule has 0 aliphatic carbocycles. The summed E-state index contributed by atoms with van der Waals surface area (Å²) in [4.78, 5) is 4.20. The number of nitrogen functional groups attached to an aromatic ring is 1. The van der Waals surface area contributed by atoms with Gasteiger partial charge in [-0.05, 0) is 18.2 Å². The van der Waals surface area contributed by atoms with Crippen molar-refractivity contribution in [1.82, 2.24) is 14.8 Å². The SMILES string of the molecule is N#Cc1ccc(-n2cc(-c3ccccc3N)cn2)nc1. The number of anilines is 1. The van der Waals surface area contributed by atoms with E-state index in [-0.39, 0.29) is 0 Å². The lowest BCUT2D eigenvalue weighted by Gasteiger charge is -2.01. The first kappa shape index (κ1) is 11.9. The van der Waals surface area contributed by atoms with Crippen molar-refractivity contribution >= 4 is 5.69 Å². The van der Waals surface area contributed by atoms with Crippen LogP contribution in [0.5, 0.6) is 0 Å². The van der Waals surface area contributed by atoms with Crippen molar-refractivity contribution in [1.29, 1.82) is 5.26 Å². The Bertz CT molecular complexity index is 781. The van der Waals surface area contributed by atoms with E-state index in [2.05, 4.69) is 10.1 Å². The summed E-state index contributed by atoms with van der Waals surface area (Å²) in [6.45, 7) is 0. The van der Waals surface area contributed by atoms with Crippen LogP contribution in [0.2, 0.25) is 0 Å². The van der Waals surface area contributed by atoms with Crippen molar-refractivity contribution in [3.05, 3.63) is 60.6 Å². The molecule has 0 spiro atoms. The van der Waals surface area contributed by atoms with Crippen molar-refractivity contribution < 1.29 is 0 Å². The second-order valence-corrected chi connectivity index (χ2v) is 4.28. The molecular formula is C15H11N5. The van der Waals surface area contributed by atoms with Gasteiger partial charge in [0.05, 0.1) is 11.8 Å². The normalized spacial score (nSPS) is 10.2. The molecule has 2 aromatic heterocycles. The molecular weight excluding hydrogens is 250 g/mol. The maximum atomic E-state index is 8.76. The highest BCUT2D eigenvalue weighted by Gasteiger charge is 2.06. The smallest absolute Gasteiger partial charge is 0.153 e. The zero-order chi connectivity index (χ0) is 13.9. The summed E-state index contributed by atoms with van der Waals surface area (Å²) in [7, 11) is 0. The Morgan fingerprint density at radius 3 is 2.65 bits per heavy atom. The third kappa shape index (κ3) is 2.10. The molecule has 20 heavy (non-hydrogen) atoms. The number of aromatic nitrogens is 3. The molecule has 0 amide bonds. The van der Waals surface area contributed by atoms with E-state index in [1.807, 2.05) is 36.5 Å². The summed E-state index contributed by atoms with van der Waals surface area (Å²) in [6.07, 6.45) is 5.12. The molecule has 0 bridgehead atoms. The van der Waals surface area contributed by atoms with Crippen LogP contribution in [0.3, 0.4) is 0 Å². The van der Waals surface area contributed by atoms with Gasteiger partial charge in [0.15, 0.2) is 5.82 Å². The lowest BCUT2D eigenvalue weighted by molar-refractivity contribution is 0.846. The number of pyridine rings is 1. The maximum Gasteiger partial charge on any atom is 0.153 e. The number of para-hydroxylation sites is 1. The predicted molar refractivity (Wildman–Crippen MR) is 75.9 cm³/mol. The molecule has 3 aromatic rings. The van der Waals surface area contributed by atoms with E-state index < -0.39 is 0 Å². The van der Waals surface area contributed by atoms with Crippen molar-refractivity contribution in [2.45, 2.75) is 0 Å². The maximum absolute atomic E-state index is 8.76. The highest BCUT2D eigenvalue weighted by atomic mass is 15.3. The number of nitriles is 1. The van der Waals surface area contributed by atoms with Crippen LogP contribution in [0.4, 0.5) is 5.69 Å². The Morgan fingerprint density at radius 1 is 1.10 bits per heavy atom. The fourth-order valence-corrected chi connectivity index (χ4v) is 1.93. The third-order valence-corrected chi connectivity index (χ3v) is 2.97. The van der Waals surface area contributed by atoms with Crippen LogP contribution >= 0.6 is 0 Å². The molecule has 0 fully saturated rings. The second-order valence-electron chi connectivity index (χ2n) is 4.28. The van der Waals surface area contributed by atoms with E-state index in [9.17, 15) is 0 Å². The monoisotopic (exact) mass is 261 g/mol. The Morgan fingerprint density at radius 2 is 1.95 bits per heavy atom. The number of nitrogens with zero attached hydrogens (tertiary/aromatic N) is 4. The highest BCUT2D eigenvalue weighted by Crippen LogP contribution is 2.25. The largest absolute Gasteiger partial charge is 0.398 e. The molecule has 0 unspecified atom stereocenters. The van der Waals surface area contributed by atoms with Crippen LogP contribution in [0, 0.1) is 11.3 Å². The lowest BCUT2D eigenvalue weighted by Crippen LogP contribution is -1.97. The van der Waals surface area contributed by atoms with Gasteiger partial charge in [-0.1, -0.05) is 18.2 Å². The van der Waals surface area contributed by atoms with E-state index in [0.717, 1.165) is 11.1 Å². The Balaban J connectivity index is 1.98. The van der Waals surface area contributed by atoms with Crippen molar-refractivity contribution in [2.75, 3.05) is 5.73 Å². The van der Waals surface area contributed by atoms with Gasteiger partial charge in [-0.2, -0.15) is 10.4 Å². The minimum Gasteiger partial charge on any atom is -0.398 e. The van der Waals surface area contributed by atoms with Gasteiger partial charge in [0.2, 0.25) is 0 Å². The van der Waals surface area contributed by atoms with Crippen molar-refractivity contribution in [3.8, 4) is 23.0 Å². The Labute approximate surface area is 115 Å². The molecule has 1 aromatic carbocycles. The summed E-state index contributed by atoms with van der Waals surface area (Å²) in [5.41, 5.74) is 9.04. The van der Waals surface area contributed by atoms with Gasteiger partial charge in [0.1, 0.15) is 6.07 Å². The molecule has 0 aliphatic heterocycles. The summed E-state index contributed by atoms with van der Waals surface area (Å²) < 4.78 is 1.66. The summed E-state index contributed by atoms with van der Waals surface area (Å²) in [5.74, 6) is 0.657. The van der Waals surface area contributed by atoms with E-state index in [4.69, 9.17) is 11.0 Å². The van der Waals surface area contributed by atoms with Gasteiger partial charge >= 0.3 is 0 Å². The molecule has 96 valence electrons. The quantitative estimate of drug-likeness (QED) is 0.718. The van der Waals surface area contributed by atoms with Crippen LogP contribution in [0.25, 0.3) is 16.9 Å². The molecule has 5 heteroatoms. The third-order valence-electron chi connectivity index (χ3n) is 2.97. The van der Waals surface area contributed by atoms with Gasteiger partial charge < -0.3 is 5.73 Å². The first-order chi connectivity index (χ1) is 9.78. The van der Waals surface area contributed by atoms with Crippen LogP contribution < -0.4 is 5.73 Å². The lowest BCUT2D eigenvalue weighted by atomic mass is 10.1. The number of nitrogens with two attached hydrogens (primary N) is 1. The minimum absolute atomic E-state index is 0.522. The van der Waals surface area contributed by atoms with Gasteiger partial charge in [-0.25, -0.2) is 9.67 Å². The molecule has 0 saturated carbocycles. The fraction of sp³-hybridized carbons (Fsp3) is 0. The zero-order valence-electron chi connectivity index (χ0n) is 10.6. The van der Waals surface area contributed by atoms with E-state index in [0.29, 0.717) is 17.1 Å². The van der Waals surface area contributed by atoms with Crippen molar-refractivity contribution in [2.24, 2.45) is 0 Å². The number of hydrogen-bond donors (Lipinski definition) is 1. The number of rotatable bonds is 2. The topological polar surface area (TPSA) is 80.5 Å². The second kappa shape index (κ2) is 4.86. The molecule has 0 atom stereocenters. The zero-order valence-corrected chi connectivity index (χ0v) is 10.6. The summed E-state index contributed by atoms with van der Waals surface area (Å²) in [6, 6.07) is 13.1. The first-order valence-corrected chi connectivity index (χ1v) is 6.04. The van der Waals surface area contributed by atoms with Crippen LogP contribution in [-0.2, 0) is 0 Å². The van der Waals surface area contributed by atoms with Crippen LogP contribution in [-0.4, -0.2) is 14.8 Å².